The molecule has 7 nitrogen and oxygen atoms in total. The highest BCUT2D eigenvalue weighted by Crippen LogP contribution is 2.50. The SMILES string of the molecule is CC1(C)S[C@@H]2[C@H](NC(=O)Nc3cccc(Cl)c3)C(=O)N2[C@@H]1C(=O)O. The van der Waals surface area contributed by atoms with E-state index in [1.54, 1.807) is 38.1 Å². The standard InChI is InChI=1S/C15H16ClN3O4S/c1-15(2)10(13(21)22)19-11(20)9(12(19)24-15)18-14(23)17-8-5-3-4-7(16)6-8/h3-6,9-10,12H,1-2H3,(H,21,22)(H2,17,18,23)/t9-,10-,12-/m1/s1. The third kappa shape index (κ3) is 2.80. The first-order chi connectivity index (χ1) is 11.2. The van der Waals surface area contributed by atoms with Crippen LogP contribution in [0.1, 0.15) is 13.8 Å². The number of carboxylic acids is 1. The van der Waals surface area contributed by atoms with Crippen molar-refractivity contribution >= 4 is 47.0 Å². The van der Waals surface area contributed by atoms with E-state index >= 15 is 0 Å². The van der Waals surface area contributed by atoms with Gasteiger partial charge in [0.25, 0.3) is 0 Å². The summed E-state index contributed by atoms with van der Waals surface area (Å²) >= 11 is 7.23. The van der Waals surface area contributed by atoms with Gasteiger partial charge in [0.15, 0.2) is 0 Å². The Morgan fingerprint density at radius 1 is 1.38 bits per heavy atom. The number of carbonyl (C=O) groups excluding carboxylic acids is 2. The number of rotatable bonds is 3. The number of thioether (sulfide) groups is 1. The quantitative estimate of drug-likeness (QED) is 0.707. The van der Waals surface area contributed by atoms with Gasteiger partial charge in [-0.05, 0) is 32.0 Å². The monoisotopic (exact) mass is 369 g/mol. The van der Waals surface area contributed by atoms with Crippen molar-refractivity contribution in [1.29, 1.82) is 0 Å². The number of hydrogen-bond donors (Lipinski definition) is 3. The lowest BCUT2D eigenvalue weighted by molar-refractivity contribution is -0.159. The molecule has 2 fully saturated rings. The zero-order valence-corrected chi connectivity index (χ0v) is 14.5. The smallest absolute Gasteiger partial charge is 0.327 e. The number of nitrogens with zero attached hydrogens (tertiary/aromatic N) is 1. The van der Waals surface area contributed by atoms with Gasteiger partial charge in [-0.1, -0.05) is 17.7 Å². The van der Waals surface area contributed by atoms with E-state index in [9.17, 15) is 19.5 Å². The van der Waals surface area contributed by atoms with Gasteiger partial charge in [-0.15, -0.1) is 11.8 Å². The summed E-state index contributed by atoms with van der Waals surface area (Å²) in [5.41, 5.74) is 0.506. The van der Waals surface area contributed by atoms with Crippen LogP contribution in [0.15, 0.2) is 24.3 Å². The number of benzene rings is 1. The minimum Gasteiger partial charge on any atom is -0.480 e. The van der Waals surface area contributed by atoms with Crippen LogP contribution in [0.25, 0.3) is 0 Å². The number of urea groups is 1. The fourth-order valence-electron chi connectivity index (χ4n) is 3.02. The lowest BCUT2D eigenvalue weighted by Gasteiger charge is -2.43. The number of amides is 3. The third-order valence-corrected chi connectivity index (χ3v) is 5.85. The zero-order valence-electron chi connectivity index (χ0n) is 12.9. The van der Waals surface area contributed by atoms with E-state index < -0.39 is 28.8 Å². The van der Waals surface area contributed by atoms with Crippen LogP contribution < -0.4 is 10.6 Å². The van der Waals surface area contributed by atoms with Crippen molar-refractivity contribution in [2.45, 2.75) is 36.1 Å². The molecule has 128 valence electrons. The summed E-state index contributed by atoms with van der Waals surface area (Å²) < 4.78 is -0.619. The molecule has 2 aliphatic rings. The fourth-order valence-corrected chi connectivity index (χ4v) is 4.84. The summed E-state index contributed by atoms with van der Waals surface area (Å²) in [5, 5.41) is 14.7. The molecule has 0 unspecified atom stereocenters. The molecule has 0 bridgehead atoms. The van der Waals surface area contributed by atoms with Crippen LogP contribution >= 0.6 is 23.4 Å². The topological polar surface area (TPSA) is 98.7 Å². The van der Waals surface area contributed by atoms with Gasteiger partial charge < -0.3 is 20.6 Å². The normalized spacial score (nSPS) is 27.2. The molecular formula is C15H16ClN3O4S. The molecule has 0 saturated carbocycles. The van der Waals surface area contributed by atoms with Crippen molar-refractivity contribution in [1.82, 2.24) is 10.2 Å². The third-order valence-electron chi connectivity index (χ3n) is 4.04. The maximum absolute atomic E-state index is 12.3. The second-order valence-corrected chi connectivity index (χ2v) is 8.39. The van der Waals surface area contributed by atoms with E-state index in [0.717, 1.165) is 0 Å². The van der Waals surface area contributed by atoms with E-state index in [1.165, 1.54) is 16.7 Å². The number of β-lactam (4-membered cyclic amide) rings is 1. The number of anilines is 1. The molecule has 2 aliphatic heterocycles. The zero-order chi connectivity index (χ0) is 17.6. The minimum atomic E-state index is -1.04. The highest BCUT2D eigenvalue weighted by molar-refractivity contribution is 8.01. The van der Waals surface area contributed by atoms with Crippen LogP contribution in [0.4, 0.5) is 10.5 Å². The van der Waals surface area contributed by atoms with E-state index in [0.29, 0.717) is 10.7 Å². The molecule has 3 atom stereocenters. The van der Waals surface area contributed by atoms with Crippen molar-refractivity contribution < 1.29 is 19.5 Å². The Morgan fingerprint density at radius 2 is 2.08 bits per heavy atom. The summed E-state index contributed by atoms with van der Waals surface area (Å²) in [6, 6.07) is 4.47. The molecule has 0 spiro atoms. The molecule has 0 radical (unpaired) electrons. The Bertz CT molecular complexity index is 726. The van der Waals surface area contributed by atoms with Gasteiger partial charge in [-0.3, -0.25) is 4.79 Å². The summed E-state index contributed by atoms with van der Waals surface area (Å²) in [6.07, 6.45) is 0. The van der Waals surface area contributed by atoms with Crippen LogP contribution in [0, 0.1) is 0 Å². The Morgan fingerprint density at radius 3 is 2.71 bits per heavy atom. The number of halogens is 1. The van der Waals surface area contributed by atoms with Gasteiger partial charge in [-0.2, -0.15) is 0 Å². The highest BCUT2D eigenvalue weighted by atomic mass is 35.5. The van der Waals surface area contributed by atoms with Crippen LogP contribution in [0.2, 0.25) is 5.02 Å². The Labute approximate surface area is 147 Å². The predicted molar refractivity (Wildman–Crippen MR) is 91.1 cm³/mol. The predicted octanol–water partition coefficient (Wildman–Crippen LogP) is 1.98. The average Bonchev–Trinajstić information content (AvgIpc) is 2.73. The highest BCUT2D eigenvalue weighted by Gasteiger charge is 2.64. The summed E-state index contributed by atoms with van der Waals surface area (Å²) in [6.45, 7) is 3.57. The average molecular weight is 370 g/mol. The molecule has 2 saturated heterocycles. The lowest BCUT2D eigenvalue weighted by atomic mass is 9.96. The molecule has 3 N–H and O–H groups in total. The van der Waals surface area contributed by atoms with E-state index in [4.69, 9.17) is 11.6 Å². The Hall–Kier alpha value is -1.93. The molecule has 3 rings (SSSR count). The van der Waals surface area contributed by atoms with Gasteiger partial charge >= 0.3 is 12.0 Å². The maximum atomic E-state index is 12.3. The van der Waals surface area contributed by atoms with Crippen LogP contribution in [-0.4, -0.2) is 50.1 Å². The van der Waals surface area contributed by atoms with Gasteiger partial charge in [0, 0.05) is 15.5 Å². The fraction of sp³-hybridized carbons (Fsp3) is 0.400. The molecule has 24 heavy (non-hydrogen) atoms. The van der Waals surface area contributed by atoms with Crippen LogP contribution in [-0.2, 0) is 9.59 Å². The van der Waals surface area contributed by atoms with Gasteiger partial charge in [0.1, 0.15) is 17.5 Å². The van der Waals surface area contributed by atoms with E-state index in [-0.39, 0.29) is 11.3 Å². The molecule has 3 amide bonds. The molecule has 1 aromatic rings. The summed E-state index contributed by atoms with van der Waals surface area (Å²) in [4.78, 5) is 37.1. The number of hydrogen-bond acceptors (Lipinski definition) is 4. The van der Waals surface area contributed by atoms with Gasteiger partial charge in [-0.25, -0.2) is 9.59 Å². The number of carboxylic acid groups (broad SMARTS) is 1. The maximum Gasteiger partial charge on any atom is 0.327 e. The second-order valence-electron chi connectivity index (χ2n) is 6.18. The van der Waals surface area contributed by atoms with Gasteiger partial charge in [0.2, 0.25) is 5.91 Å². The largest absolute Gasteiger partial charge is 0.480 e. The molecule has 0 aromatic heterocycles. The number of aliphatic carboxylic acids is 1. The first-order valence-corrected chi connectivity index (χ1v) is 8.52. The molecule has 1 aromatic carbocycles. The first-order valence-electron chi connectivity index (χ1n) is 7.26. The van der Waals surface area contributed by atoms with Crippen molar-refractivity contribution in [3.63, 3.8) is 0 Å². The lowest BCUT2D eigenvalue weighted by Crippen LogP contribution is -2.70. The molecular weight excluding hydrogens is 354 g/mol. The second kappa shape index (κ2) is 5.86. The molecule has 0 aliphatic carbocycles. The summed E-state index contributed by atoms with van der Waals surface area (Å²) in [5.74, 6) is -1.42. The Balaban J connectivity index is 1.67. The van der Waals surface area contributed by atoms with Crippen LogP contribution in [0.3, 0.4) is 0 Å². The number of nitrogens with one attached hydrogen (secondary N) is 2. The van der Waals surface area contributed by atoms with Crippen molar-refractivity contribution in [2.24, 2.45) is 0 Å². The minimum absolute atomic E-state index is 0.376. The number of fused-ring (bicyclic) bond motifs is 1. The van der Waals surface area contributed by atoms with Crippen LogP contribution in [0.5, 0.6) is 0 Å². The van der Waals surface area contributed by atoms with Gasteiger partial charge in [0.05, 0.1) is 0 Å². The van der Waals surface area contributed by atoms with Crippen molar-refractivity contribution in [2.75, 3.05) is 5.32 Å². The Kier molecular flexibility index (Phi) is 4.13. The number of carbonyl (C=O) groups is 3. The molecule has 9 heteroatoms. The van der Waals surface area contributed by atoms with E-state index in [2.05, 4.69) is 10.6 Å². The molecule has 2 heterocycles. The van der Waals surface area contributed by atoms with E-state index in [1.807, 2.05) is 0 Å². The summed E-state index contributed by atoms with van der Waals surface area (Å²) in [7, 11) is 0. The van der Waals surface area contributed by atoms with Crippen molar-refractivity contribution in [3.8, 4) is 0 Å². The van der Waals surface area contributed by atoms with Crippen molar-refractivity contribution in [3.05, 3.63) is 29.3 Å². The first kappa shape index (κ1) is 16.9.